The number of nitrogens with zero attached hydrogens (tertiary/aromatic N) is 1. The summed E-state index contributed by atoms with van der Waals surface area (Å²) >= 11 is 1.51. The van der Waals surface area contributed by atoms with Gasteiger partial charge in [-0.25, -0.2) is 9.78 Å². The average Bonchev–Trinajstić information content (AvgIpc) is 3.01. The number of carboxylic acids is 1. The summed E-state index contributed by atoms with van der Waals surface area (Å²) in [5.74, 6) is -0.970. The van der Waals surface area contributed by atoms with Crippen LogP contribution in [0.3, 0.4) is 0 Å². The van der Waals surface area contributed by atoms with Gasteiger partial charge in [-0.05, 0) is 6.92 Å². The van der Waals surface area contributed by atoms with Gasteiger partial charge in [0.25, 0.3) is 0 Å². The van der Waals surface area contributed by atoms with E-state index in [-0.39, 0.29) is 19.2 Å². The van der Waals surface area contributed by atoms with Crippen LogP contribution in [-0.4, -0.2) is 47.9 Å². The van der Waals surface area contributed by atoms with Gasteiger partial charge in [-0.3, -0.25) is 4.79 Å². The molecule has 110 valence electrons. The van der Waals surface area contributed by atoms with Gasteiger partial charge in [-0.2, -0.15) is 0 Å². The molecule has 1 saturated heterocycles. The Hall–Kier alpha value is -1.67. The van der Waals surface area contributed by atoms with Crippen LogP contribution in [0.25, 0.3) is 0 Å². The number of hydrogen-bond acceptors (Lipinski definition) is 5. The van der Waals surface area contributed by atoms with Crippen molar-refractivity contribution in [1.82, 2.24) is 15.6 Å². The third-order valence-corrected chi connectivity index (χ3v) is 4.03. The molecule has 1 aromatic rings. The van der Waals surface area contributed by atoms with Gasteiger partial charge < -0.3 is 20.5 Å². The topological polar surface area (TPSA) is 101 Å². The van der Waals surface area contributed by atoms with E-state index in [1.807, 2.05) is 5.38 Å². The first kappa shape index (κ1) is 14.7. The Kier molecular flexibility index (Phi) is 4.56. The maximum atomic E-state index is 11.7. The monoisotopic (exact) mass is 299 g/mol. The van der Waals surface area contributed by atoms with E-state index in [0.717, 1.165) is 5.69 Å². The molecule has 0 saturated carbocycles. The first-order chi connectivity index (χ1) is 9.52. The fourth-order valence-electron chi connectivity index (χ4n) is 1.96. The molecule has 2 amide bonds. The molecule has 20 heavy (non-hydrogen) atoms. The second kappa shape index (κ2) is 6.19. The number of ether oxygens (including phenoxy) is 1. The summed E-state index contributed by atoms with van der Waals surface area (Å²) in [5, 5.41) is 16.5. The summed E-state index contributed by atoms with van der Waals surface area (Å²) in [5.41, 5.74) is 1.59. The number of carboxylic acid groups (broad SMARTS) is 1. The van der Waals surface area contributed by atoms with Crippen molar-refractivity contribution in [2.75, 3.05) is 19.8 Å². The van der Waals surface area contributed by atoms with Gasteiger partial charge >= 0.3 is 12.0 Å². The molecular weight excluding hydrogens is 282 g/mol. The van der Waals surface area contributed by atoms with Crippen LogP contribution in [-0.2, 0) is 16.0 Å². The molecule has 7 nitrogen and oxygen atoms in total. The number of rotatable bonds is 5. The molecule has 0 bridgehead atoms. The maximum absolute atomic E-state index is 11.7. The number of aromatic nitrogens is 1. The molecule has 1 aliphatic rings. The highest BCUT2D eigenvalue weighted by atomic mass is 32.1. The predicted molar refractivity (Wildman–Crippen MR) is 72.7 cm³/mol. The smallest absolute Gasteiger partial charge is 0.315 e. The van der Waals surface area contributed by atoms with Crippen molar-refractivity contribution >= 4 is 23.3 Å². The third kappa shape index (κ3) is 3.26. The molecule has 2 unspecified atom stereocenters. The minimum atomic E-state index is -1.08. The molecule has 3 N–H and O–H groups in total. The Bertz CT molecular complexity index is 479. The van der Waals surface area contributed by atoms with Gasteiger partial charge in [0.2, 0.25) is 0 Å². The largest absolute Gasteiger partial charge is 0.481 e. The summed E-state index contributed by atoms with van der Waals surface area (Å²) in [4.78, 5) is 27.1. The fourth-order valence-corrected chi connectivity index (χ4v) is 2.55. The normalized spacial score (nSPS) is 25.4. The molecule has 8 heteroatoms. The number of carbonyl (C=O) groups is 2. The summed E-state index contributed by atoms with van der Waals surface area (Å²) in [6.07, 6.45) is 0.647. The number of amides is 2. The van der Waals surface area contributed by atoms with Crippen LogP contribution in [0.4, 0.5) is 4.79 Å². The Labute approximate surface area is 120 Å². The van der Waals surface area contributed by atoms with Crippen molar-refractivity contribution < 1.29 is 19.4 Å². The maximum Gasteiger partial charge on any atom is 0.315 e. The Morgan fingerprint density at radius 3 is 3.10 bits per heavy atom. The second-order valence-electron chi connectivity index (χ2n) is 4.92. The highest BCUT2D eigenvalue weighted by molar-refractivity contribution is 7.07. The lowest BCUT2D eigenvalue weighted by Gasteiger charge is -2.25. The van der Waals surface area contributed by atoms with Crippen molar-refractivity contribution in [3.63, 3.8) is 0 Å². The van der Waals surface area contributed by atoms with Gasteiger partial charge in [0, 0.05) is 18.3 Å². The zero-order valence-corrected chi connectivity index (χ0v) is 11.9. The van der Waals surface area contributed by atoms with Gasteiger partial charge in [-0.15, -0.1) is 11.3 Å². The molecule has 0 aliphatic carbocycles. The highest BCUT2D eigenvalue weighted by Gasteiger charge is 2.47. The van der Waals surface area contributed by atoms with Crippen LogP contribution in [0.2, 0.25) is 0 Å². The summed E-state index contributed by atoms with van der Waals surface area (Å²) in [6.45, 7) is 2.34. The van der Waals surface area contributed by atoms with Gasteiger partial charge in [0.05, 0.1) is 30.5 Å². The standard InChI is InChI=1S/C12H17N3O4S/c1-12(10(16)17)6-19-4-9(12)15-11(18)13-3-2-8-5-20-7-14-8/h5,7,9H,2-4,6H2,1H3,(H,16,17)(H2,13,15,18). The van der Waals surface area contributed by atoms with Crippen molar-refractivity contribution in [1.29, 1.82) is 0 Å². The van der Waals surface area contributed by atoms with Crippen LogP contribution in [0.5, 0.6) is 0 Å². The molecule has 2 atom stereocenters. The lowest BCUT2D eigenvalue weighted by molar-refractivity contribution is -0.148. The zero-order chi connectivity index (χ0) is 14.6. The SMILES string of the molecule is CC1(C(=O)O)COCC1NC(=O)NCCc1cscn1. The van der Waals surface area contributed by atoms with Crippen molar-refractivity contribution in [2.45, 2.75) is 19.4 Å². The van der Waals surface area contributed by atoms with E-state index in [0.29, 0.717) is 13.0 Å². The highest BCUT2D eigenvalue weighted by Crippen LogP contribution is 2.28. The molecule has 1 aliphatic heterocycles. The molecule has 2 rings (SSSR count). The molecular formula is C12H17N3O4S. The van der Waals surface area contributed by atoms with E-state index in [1.165, 1.54) is 11.3 Å². The van der Waals surface area contributed by atoms with Crippen molar-refractivity contribution in [2.24, 2.45) is 5.41 Å². The molecule has 0 aromatic carbocycles. The van der Waals surface area contributed by atoms with Gasteiger partial charge in [0.1, 0.15) is 5.41 Å². The van der Waals surface area contributed by atoms with E-state index >= 15 is 0 Å². The number of urea groups is 1. The van der Waals surface area contributed by atoms with Gasteiger partial charge in [0.15, 0.2) is 0 Å². The van der Waals surface area contributed by atoms with Crippen LogP contribution in [0, 0.1) is 5.41 Å². The minimum Gasteiger partial charge on any atom is -0.481 e. The Morgan fingerprint density at radius 2 is 2.45 bits per heavy atom. The molecule has 1 aromatic heterocycles. The summed E-state index contributed by atoms with van der Waals surface area (Å²) in [7, 11) is 0. The summed E-state index contributed by atoms with van der Waals surface area (Å²) in [6, 6.07) is -0.914. The lowest BCUT2D eigenvalue weighted by atomic mass is 9.85. The van der Waals surface area contributed by atoms with Crippen LogP contribution < -0.4 is 10.6 Å². The molecule has 0 spiro atoms. The zero-order valence-electron chi connectivity index (χ0n) is 11.1. The number of aliphatic carboxylic acids is 1. The van der Waals surface area contributed by atoms with E-state index in [9.17, 15) is 14.7 Å². The molecule has 2 heterocycles. The lowest BCUT2D eigenvalue weighted by Crippen LogP contribution is -2.52. The fraction of sp³-hybridized carbons (Fsp3) is 0.583. The van der Waals surface area contributed by atoms with Crippen molar-refractivity contribution in [3.8, 4) is 0 Å². The predicted octanol–water partition coefficient (Wildman–Crippen LogP) is 0.474. The number of nitrogens with one attached hydrogen (secondary N) is 2. The van der Waals surface area contributed by atoms with E-state index in [4.69, 9.17) is 4.74 Å². The van der Waals surface area contributed by atoms with E-state index in [2.05, 4.69) is 15.6 Å². The Morgan fingerprint density at radius 1 is 1.65 bits per heavy atom. The van der Waals surface area contributed by atoms with Crippen LogP contribution in [0.15, 0.2) is 10.9 Å². The minimum absolute atomic E-state index is 0.103. The number of thiazole rings is 1. The summed E-state index contributed by atoms with van der Waals surface area (Å²) < 4.78 is 5.17. The average molecular weight is 299 g/mol. The van der Waals surface area contributed by atoms with Crippen LogP contribution >= 0.6 is 11.3 Å². The van der Waals surface area contributed by atoms with Gasteiger partial charge in [-0.1, -0.05) is 0 Å². The van der Waals surface area contributed by atoms with E-state index in [1.54, 1.807) is 12.4 Å². The second-order valence-corrected chi connectivity index (χ2v) is 5.64. The van der Waals surface area contributed by atoms with Crippen LogP contribution in [0.1, 0.15) is 12.6 Å². The molecule has 0 radical (unpaired) electrons. The van der Waals surface area contributed by atoms with Crippen molar-refractivity contribution in [3.05, 3.63) is 16.6 Å². The molecule has 1 fully saturated rings. The first-order valence-corrected chi connectivity index (χ1v) is 7.19. The number of hydrogen-bond donors (Lipinski definition) is 3. The van der Waals surface area contributed by atoms with E-state index < -0.39 is 17.4 Å². The quantitative estimate of drug-likeness (QED) is 0.734. The first-order valence-electron chi connectivity index (χ1n) is 6.25. The third-order valence-electron chi connectivity index (χ3n) is 3.40. The Balaban J connectivity index is 1.78. The number of carbonyl (C=O) groups excluding carboxylic acids is 1.